The Hall–Kier alpha value is -2.61. The van der Waals surface area contributed by atoms with E-state index in [9.17, 15) is 18.0 Å². The number of fused-ring (bicyclic) bond motifs is 2. The van der Waals surface area contributed by atoms with Gasteiger partial charge in [-0.05, 0) is 36.4 Å². The van der Waals surface area contributed by atoms with E-state index in [-0.39, 0.29) is 11.5 Å². The van der Waals surface area contributed by atoms with Gasteiger partial charge in [0, 0.05) is 36.8 Å². The first-order chi connectivity index (χ1) is 12.9. The topological polar surface area (TPSA) is 62.7 Å². The molecule has 1 aromatic carbocycles. The summed E-state index contributed by atoms with van der Waals surface area (Å²) in [6.07, 6.45) is -2.01. The van der Waals surface area contributed by atoms with Crippen molar-refractivity contribution in [3.05, 3.63) is 64.0 Å². The number of imidazole rings is 1. The maximum absolute atomic E-state index is 12.8. The van der Waals surface area contributed by atoms with E-state index in [1.807, 2.05) is 30.3 Å². The Morgan fingerprint density at radius 1 is 1.30 bits per heavy atom. The molecule has 142 valence electrons. The molecule has 1 atom stereocenters. The van der Waals surface area contributed by atoms with Crippen LogP contribution in [0.3, 0.4) is 0 Å². The third-order valence-corrected chi connectivity index (χ3v) is 4.96. The van der Waals surface area contributed by atoms with Gasteiger partial charge in [0.25, 0.3) is 5.56 Å². The van der Waals surface area contributed by atoms with Crippen LogP contribution >= 0.6 is 0 Å². The number of aromatic amines is 1. The zero-order valence-electron chi connectivity index (χ0n) is 14.5. The normalized spacial score (nSPS) is 17.2. The number of benzene rings is 1. The first-order valence-corrected chi connectivity index (χ1v) is 8.85. The minimum Gasteiger partial charge on any atom is -0.334 e. The van der Waals surface area contributed by atoms with Gasteiger partial charge in [-0.2, -0.15) is 13.2 Å². The fraction of sp³-hybridized carbons (Fsp3) is 0.368. The number of pyridine rings is 1. The van der Waals surface area contributed by atoms with Crippen LogP contribution in [0, 0.1) is 5.92 Å². The second-order valence-corrected chi connectivity index (χ2v) is 6.94. The summed E-state index contributed by atoms with van der Waals surface area (Å²) >= 11 is 0. The van der Waals surface area contributed by atoms with Gasteiger partial charge in [0.05, 0.1) is 0 Å². The molecule has 0 saturated carbocycles. The van der Waals surface area contributed by atoms with Crippen molar-refractivity contribution in [2.45, 2.75) is 32.1 Å². The molecule has 0 fully saturated rings. The van der Waals surface area contributed by atoms with Crippen LogP contribution < -0.4 is 10.9 Å². The molecule has 0 unspecified atom stereocenters. The lowest BCUT2D eigenvalue weighted by molar-refractivity contribution is -0.141. The lowest BCUT2D eigenvalue weighted by Crippen LogP contribution is -2.31. The minimum atomic E-state index is -4.41. The number of nitrogens with one attached hydrogen (secondary N) is 2. The molecule has 8 heteroatoms. The molecule has 0 spiro atoms. The Bertz CT molecular complexity index is 1020. The Morgan fingerprint density at radius 3 is 2.93 bits per heavy atom. The molecule has 3 heterocycles. The van der Waals surface area contributed by atoms with Crippen molar-refractivity contribution in [1.29, 1.82) is 0 Å². The Labute approximate surface area is 153 Å². The smallest absolute Gasteiger partial charge is 0.334 e. The Morgan fingerprint density at radius 2 is 2.11 bits per heavy atom. The van der Waals surface area contributed by atoms with Crippen LogP contribution in [-0.4, -0.2) is 21.1 Å². The molecular weight excluding hydrogens is 357 g/mol. The van der Waals surface area contributed by atoms with Gasteiger partial charge >= 0.3 is 6.18 Å². The molecule has 0 aliphatic carbocycles. The number of hydrogen-bond acceptors (Lipinski definition) is 3. The standard InChI is InChI=1S/C19H19F3N4O/c20-19(21,22)16-11-26-10-12(5-6-17(26)25-16)8-23-9-14-7-13-3-1-2-4-15(13)24-18(14)27/h1-4,7,11-12,23H,5-6,8-10H2,(H,24,27)/t12-/m1/s1. The number of hydrogen-bond donors (Lipinski definition) is 2. The van der Waals surface area contributed by atoms with Crippen molar-refractivity contribution in [3.63, 3.8) is 0 Å². The zero-order valence-corrected chi connectivity index (χ0v) is 14.5. The number of aryl methyl sites for hydroxylation is 1. The SMILES string of the molecule is O=c1[nH]c2ccccc2cc1CNC[C@H]1CCc2nc(C(F)(F)F)cn2C1. The predicted octanol–water partition coefficient (Wildman–Crippen LogP) is 3.10. The molecule has 5 nitrogen and oxygen atoms in total. The van der Waals surface area contributed by atoms with Crippen LogP contribution in [0.1, 0.15) is 23.5 Å². The molecule has 3 aromatic rings. The van der Waals surface area contributed by atoms with Gasteiger partial charge in [-0.15, -0.1) is 0 Å². The number of rotatable bonds is 4. The van der Waals surface area contributed by atoms with Gasteiger partial charge in [-0.1, -0.05) is 18.2 Å². The summed E-state index contributed by atoms with van der Waals surface area (Å²) in [5.74, 6) is 0.692. The third kappa shape index (κ3) is 3.75. The van der Waals surface area contributed by atoms with Crippen LogP contribution in [0.25, 0.3) is 10.9 Å². The first-order valence-electron chi connectivity index (χ1n) is 8.85. The maximum Gasteiger partial charge on any atom is 0.434 e. The fourth-order valence-corrected chi connectivity index (χ4v) is 3.55. The minimum absolute atomic E-state index is 0.128. The molecule has 27 heavy (non-hydrogen) atoms. The zero-order chi connectivity index (χ0) is 19.0. The van der Waals surface area contributed by atoms with Crippen LogP contribution in [0.5, 0.6) is 0 Å². The lowest BCUT2D eigenvalue weighted by atomic mass is 9.99. The van der Waals surface area contributed by atoms with E-state index in [4.69, 9.17) is 0 Å². The van der Waals surface area contributed by atoms with Crippen molar-refractivity contribution < 1.29 is 13.2 Å². The van der Waals surface area contributed by atoms with Gasteiger partial charge in [0.15, 0.2) is 5.69 Å². The van der Waals surface area contributed by atoms with E-state index >= 15 is 0 Å². The summed E-state index contributed by atoms with van der Waals surface area (Å²) in [4.78, 5) is 18.7. The van der Waals surface area contributed by atoms with E-state index in [1.54, 1.807) is 4.57 Å². The summed E-state index contributed by atoms with van der Waals surface area (Å²) in [7, 11) is 0. The third-order valence-electron chi connectivity index (χ3n) is 4.96. The van der Waals surface area contributed by atoms with Gasteiger partial charge in [-0.25, -0.2) is 4.98 Å². The molecule has 2 N–H and O–H groups in total. The van der Waals surface area contributed by atoms with Crippen LogP contribution in [0.4, 0.5) is 13.2 Å². The average molecular weight is 376 g/mol. The number of alkyl halides is 3. The highest BCUT2D eigenvalue weighted by Crippen LogP contribution is 2.30. The summed E-state index contributed by atoms with van der Waals surface area (Å²) in [5, 5.41) is 4.24. The molecule has 4 rings (SSSR count). The van der Waals surface area contributed by atoms with E-state index in [0.29, 0.717) is 37.4 Å². The Kier molecular flexibility index (Phi) is 4.51. The number of para-hydroxylation sites is 1. The van der Waals surface area contributed by atoms with Gasteiger partial charge in [-0.3, -0.25) is 4.79 Å². The molecule has 0 bridgehead atoms. The van der Waals surface area contributed by atoms with E-state index < -0.39 is 11.9 Å². The van der Waals surface area contributed by atoms with Gasteiger partial charge < -0.3 is 14.9 Å². The second-order valence-electron chi connectivity index (χ2n) is 6.94. The quantitative estimate of drug-likeness (QED) is 0.736. The van der Waals surface area contributed by atoms with Gasteiger partial charge in [0.1, 0.15) is 5.82 Å². The molecule has 1 aliphatic rings. The summed E-state index contributed by atoms with van der Waals surface area (Å²) < 4.78 is 40.0. The van der Waals surface area contributed by atoms with E-state index in [1.165, 1.54) is 0 Å². The summed E-state index contributed by atoms with van der Waals surface area (Å²) in [6, 6.07) is 9.44. The largest absolute Gasteiger partial charge is 0.434 e. The van der Waals surface area contributed by atoms with Crippen molar-refractivity contribution in [2.24, 2.45) is 5.92 Å². The second kappa shape index (κ2) is 6.84. The molecule has 0 radical (unpaired) electrons. The van der Waals surface area contributed by atoms with Gasteiger partial charge in [0.2, 0.25) is 0 Å². The number of H-pyrrole nitrogens is 1. The highest BCUT2D eigenvalue weighted by molar-refractivity contribution is 5.78. The number of halogens is 3. The number of aromatic nitrogens is 3. The predicted molar refractivity (Wildman–Crippen MR) is 95.3 cm³/mol. The monoisotopic (exact) mass is 376 g/mol. The van der Waals surface area contributed by atoms with Crippen molar-refractivity contribution in [2.75, 3.05) is 6.54 Å². The van der Waals surface area contributed by atoms with Crippen molar-refractivity contribution in [3.8, 4) is 0 Å². The van der Waals surface area contributed by atoms with E-state index in [0.717, 1.165) is 23.5 Å². The molecule has 1 aliphatic heterocycles. The Balaban J connectivity index is 1.38. The van der Waals surface area contributed by atoms with Crippen LogP contribution in [-0.2, 0) is 25.7 Å². The van der Waals surface area contributed by atoms with Crippen molar-refractivity contribution in [1.82, 2.24) is 19.9 Å². The lowest BCUT2D eigenvalue weighted by Gasteiger charge is -2.24. The summed E-state index contributed by atoms with van der Waals surface area (Å²) in [5.41, 5.74) is 0.490. The van der Waals surface area contributed by atoms with Crippen LogP contribution in [0.15, 0.2) is 41.3 Å². The number of nitrogens with zero attached hydrogens (tertiary/aromatic N) is 2. The molecular formula is C19H19F3N4O. The molecule has 0 saturated heterocycles. The first kappa shape index (κ1) is 17.8. The summed E-state index contributed by atoms with van der Waals surface area (Å²) in [6.45, 7) is 1.55. The van der Waals surface area contributed by atoms with E-state index in [2.05, 4.69) is 15.3 Å². The molecule has 0 amide bonds. The maximum atomic E-state index is 12.8. The van der Waals surface area contributed by atoms with Crippen molar-refractivity contribution >= 4 is 10.9 Å². The average Bonchev–Trinajstić information content (AvgIpc) is 3.06. The van der Waals surface area contributed by atoms with Crippen LogP contribution in [0.2, 0.25) is 0 Å². The molecule has 2 aromatic heterocycles. The highest BCUT2D eigenvalue weighted by Gasteiger charge is 2.35. The highest BCUT2D eigenvalue weighted by atomic mass is 19.4. The fourth-order valence-electron chi connectivity index (χ4n) is 3.55.